The SMILES string of the molecule is CC(=O)NC[C@H]1C[C@]2(C)[C@@H](CCCC[C@]2(C)O)N1C(=O)c1cnccn1. The van der Waals surface area contributed by atoms with Gasteiger partial charge in [0.25, 0.3) is 5.91 Å². The summed E-state index contributed by atoms with van der Waals surface area (Å²) >= 11 is 0. The minimum absolute atomic E-state index is 0.0896. The van der Waals surface area contributed by atoms with Gasteiger partial charge in [0.1, 0.15) is 5.69 Å². The van der Waals surface area contributed by atoms with E-state index in [1.165, 1.54) is 25.5 Å². The highest BCUT2D eigenvalue weighted by atomic mass is 16.3. The van der Waals surface area contributed by atoms with Gasteiger partial charge in [-0.25, -0.2) is 4.98 Å². The van der Waals surface area contributed by atoms with Crippen molar-refractivity contribution in [2.24, 2.45) is 5.41 Å². The summed E-state index contributed by atoms with van der Waals surface area (Å²) in [4.78, 5) is 34.7. The predicted octanol–water partition coefficient (Wildman–Crippen LogP) is 1.53. The Morgan fingerprint density at radius 1 is 1.35 bits per heavy atom. The minimum atomic E-state index is -0.861. The van der Waals surface area contributed by atoms with E-state index >= 15 is 0 Å². The predicted molar refractivity (Wildman–Crippen MR) is 96.3 cm³/mol. The first-order valence-electron chi connectivity index (χ1n) is 9.32. The summed E-state index contributed by atoms with van der Waals surface area (Å²) in [7, 11) is 0. The average Bonchev–Trinajstić information content (AvgIpc) is 2.84. The van der Waals surface area contributed by atoms with Crippen LogP contribution in [0.1, 0.15) is 63.4 Å². The Labute approximate surface area is 154 Å². The standard InChI is InChI=1S/C19H28N4O3/c1-13(24)22-11-14-10-18(2)16(6-4-5-7-19(18,3)26)23(14)17(25)15-12-20-8-9-21-15/h8-9,12,14,16,26H,4-7,10-11H2,1-3H3,(H,22,24)/t14-,16-,18-,19+/m1/s1. The van der Waals surface area contributed by atoms with E-state index in [2.05, 4.69) is 22.2 Å². The van der Waals surface area contributed by atoms with E-state index in [0.717, 1.165) is 25.7 Å². The molecule has 7 nitrogen and oxygen atoms in total. The molecule has 2 amide bonds. The highest BCUT2D eigenvalue weighted by Crippen LogP contribution is 2.53. The Morgan fingerprint density at radius 3 is 2.77 bits per heavy atom. The maximum absolute atomic E-state index is 13.3. The first kappa shape index (κ1) is 18.8. The van der Waals surface area contributed by atoms with Crippen LogP contribution >= 0.6 is 0 Å². The summed E-state index contributed by atoms with van der Waals surface area (Å²) in [5.74, 6) is -0.305. The van der Waals surface area contributed by atoms with Crippen molar-refractivity contribution in [3.8, 4) is 0 Å². The van der Waals surface area contributed by atoms with Crippen LogP contribution in [0.4, 0.5) is 0 Å². The van der Waals surface area contributed by atoms with Crippen molar-refractivity contribution < 1.29 is 14.7 Å². The van der Waals surface area contributed by atoms with Gasteiger partial charge in [-0.3, -0.25) is 14.6 Å². The van der Waals surface area contributed by atoms with E-state index in [9.17, 15) is 14.7 Å². The second kappa shape index (κ2) is 6.95. The van der Waals surface area contributed by atoms with Crippen LogP contribution in [0, 0.1) is 5.41 Å². The minimum Gasteiger partial charge on any atom is -0.390 e. The third kappa shape index (κ3) is 3.20. The molecule has 1 saturated heterocycles. The zero-order chi connectivity index (χ0) is 18.9. The Kier molecular flexibility index (Phi) is 5.01. The normalized spacial score (nSPS) is 34.1. The largest absolute Gasteiger partial charge is 0.390 e. The number of nitrogens with one attached hydrogen (secondary N) is 1. The summed E-state index contributed by atoms with van der Waals surface area (Å²) in [5, 5.41) is 14.0. The van der Waals surface area contributed by atoms with Gasteiger partial charge >= 0.3 is 0 Å². The third-order valence-corrected chi connectivity index (χ3v) is 6.35. The third-order valence-electron chi connectivity index (χ3n) is 6.35. The smallest absolute Gasteiger partial charge is 0.274 e. The van der Waals surface area contributed by atoms with E-state index in [1.54, 1.807) is 0 Å². The number of nitrogens with zero attached hydrogens (tertiary/aromatic N) is 3. The lowest BCUT2D eigenvalue weighted by Crippen LogP contribution is -2.52. The molecular formula is C19H28N4O3. The number of aliphatic hydroxyl groups is 1. The zero-order valence-electron chi connectivity index (χ0n) is 15.7. The fraction of sp³-hybridized carbons (Fsp3) is 0.684. The van der Waals surface area contributed by atoms with E-state index in [4.69, 9.17) is 0 Å². The molecule has 3 rings (SSSR count). The molecule has 142 valence electrons. The van der Waals surface area contributed by atoms with E-state index < -0.39 is 11.0 Å². The molecule has 2 N–H and O–H groups in total. The van der Waals surface area contributed by atoms with Crippen molar-refractivity contribution in [3.05, 3.63) is 24.3 Å². The van der Waals surface area contributed by atoms with Crippen LogP contribution in [0.15, 0.2) is 18.6 Å². The lowest BCUT2D eigenvalue weighted by atomic mass is 9.67. The molecule has 2 heterocycles. The molecule has 2 aliphatic rings. The maximum Gasteiger partial charge on any atom is 0.274 e. The molecule has 1 aliphatic carbocycles. The zero-order valence-corrected chi connectivity index (χ0v) is 15.7. The Balaban J connectivity index is 1.98. The summed E-state index contributed by atoms with van der Waals surface area (Å²) < 4.78 is 0. The second-order valence-corrected chi connectivity index (χ2v) is 8.05. The van der Waals surface area contributed by atoms with Crippen LogP contribution in [0.25, 0.3) is 0 Å². The van der Waals surface area contributed by atoms with E-state index in [-0.39, 0.29) is 23.9 Å². The Hall–Kier alpha value is -2.02. The van der Waals surface area contributed by atoms with Gasteiger partial charge in [-0.05, 0) is 26.2 Å². The number of aromatic nitrogens is 2. The van der Waals surface area contributed by atoms with E-state index in [0.29, 0.717) is 18.7 Å². The number of carbonyl (C=O) groups excluding carboxylic acids is 2. The first-order valence-corrected chi connectivity index (χ1v) is 9.32. The van der Waals surface area contributed by atoms with Gasteiger partial charge in [-0.15, -0.1) is 0 Å². The number of likely N-dealkylation sites (tertiary alicyclic amines) is 1. The molecule has 0 spiro atoms. The lowest BCUT2D eigenvalue weighted by molar-refractivity contribution is -0.119. The molecule has 0 unspecified atom stereocenters. The average molecular weight is 360 g/mol. The summed E-state index contributed by atoms with van der Waals surface area (Å²) in [5.41, 5.74) is -0.988. The van der Waals surface area contributed by atoms with Crippen molar-refractivity contribution in [1.82, 2.24) is 20.2 Å². The van der Waals surface area contributed by atoms with Crippen LogP contribution in [-0.4, -0.2) is 56.0 Å². The van der Waals surface area contributed by atoms with Crippen LogP contribution in [-0.2, 0) is 4.79 Å². The summed E-state index contributed by atoms with van der Waals surface area (Å²) in [6.45, 7) is 5.81. The van der Waals surface area contributed by atoms with Gasteiger partial charge in [-0.1, -0.05) is 19.8 Å². The fourth-order valence-corrected chi connectivity index (χ4v) is 4.70. The van der Waals surface area contributed by atoms with Gasteiger partial charge in [0.2, 0.25) is 5.91 Å². The van der Waals surface area contributed by atoms with Crippen LogP contribution in [0.5, 0.6) is 0 Å². The molecule has 0 radical (unpaired) electrons. The topological polar surface area (TPSA) is 95.4 Å². The number of amides is 2. The van der Waals surface area contributed by atoms with Gasteiger partial charge in [0.15, 0.2) is 0 Å². The van der Waals surface area contributed by atoms with Gasteiger partial charge in [0, 0.05) is 37.3 Å². The fourth-order valence-electron chi connectivity index (χ4n) is 4.70. The van der Waals surface area contributed by atoms with E-state index in [1.807, 2.05) is 11.8 Å². The van der Waals surface area contributed by atoms with Crippen LogP contribution in [0.3, 0.4) is 0 Å². The molecule has 26 heavy (non-hydrogen) atoms. The highest BCUT2D eigenvalue weighted by molar-refractivity contribution is 5.92. The number of rotatable bonds is 3. The van der Waals surface area contributed by atoms with Gasteiger partial charge < -0.3 is 15.3 Å². The quantitative estimate of drug-likeness (QED) is 0.852. The molecular weight excluding hydrogens is 332 g/mol. The molecule has 7 heteroatoms. The number of hydrogen-bond donors (Lipinski definition) is 2. The molecule has 1 aromatic heterocycles. The second-order valence-electron chi connectivity index (χ2n) is 8.05. The number of hydrogen-bond acceptors (Lipinski definition) is 5. The van der Waals surface area contributed by atoms with Crippen LogP contribution in [0.2, 0.25) is 0 Å². The molecule has 1 aromatic rings. The van der Waals surface area contributed by atoms with Crippen molar-refractivity contribution in [3.63, 3.8) is 0 Å². The highest BCUT2D eigenvalue weighted by Gasteiger charge is 2.59. The lowest BCUT2D eigenvalue weighted by Gasteiger charge is -2.43. The number of fused-ring (bicyclic) bond motifs is 1. The van der Waals surface area contributed by atoms with Crippen molar-refractivity contribution in [2.75, 3.05) is 6.54 Å². The number of carbonyl (C=O) groups is 2. The monoisotopic (exact) mass is 360 g/mol. The maximum atomic E-state index is 13.3. The Morgan fingerprint density at radius 2 is 2.12 bits per heavy atom. The summed E-state index contributed by atoms with van der Waals surface area (Å²) in [6, 6.07) is -0.263. The first-order chi connectivity index (χ1) is 12.3. The molecule has 0 aromatic carbocycles. The van der Waals surface area contributed by atoms with Crippen LogP contribution < -0.4 is 5.32 Å². The van der Waals surface area contributed by atoms with Gasteiger partial charge in [-0.2, -0.15) is 0 Å². The molecule has 2 fully saturated rings. The molecule has 1 aliphatic heterocycles. The summed E-state index contributed by atoms with van der Waals surface area (Å²) in [6.07, 6.45) is 8.65. The molecule has 4 atom stereocenters. The van der Waals surface area contributed by atoms with Crippen molar-refractivity contribution in [2.45, 2.75) is 70.6 Å². The van der Waals surface area contributed by atoms with Crippen molar-refractivity contribution >= 4 is 11.8 Å². The molecule has 0 bridgehead atoms. The van der Waals surface area contributed by atoms with Crippen molar-refractivity contribution in [1.29, 1.82) is 0 Å². The van der Waals surface area contributed by atoms with Gasteiger partial charge in [0.05, 0.1) is 17.8 Å². The Bertz CT molecular complexity index is 679. The molecule has 1 saturated carbocycles.